The van der Waals surface area contributed by atoms with Crippen molar-refractivity contribution in [3.8, 4) is 11.9 Å². The van der Waals surface area contributed by atoms with Crippen molar-refractivity contribution in [3.63, 3.8) is 0 Å². The summed E-state index contributed by atoms with van der Waals surface area (Å²) in [5.41, 5.74) is 0.245. The van der Waals surface area contributed by atoms with Crippen LogP contribution >= 0.6 is 34.8 Å². The number of aromatic nitrogens is 2. The third-order valence-corrected chi connectivity index (χ3v) is 3.88. The van der Waals surface area contributed by atoms with E-state index in [1.807, 2.05) is 0 Å². The van der Waals surface area contributed by atoms with Gasteiger partial charge in [-0.05, 0) is 6.92 Å². The highest BCUT2D eigenvalue weighted by atomic mass is 35.5. The SMILES string of the molecule is COc1ncc(NC(=O)CCC(=O)O[C@H](C)C(Cl)=C(Cl)Cl)c(OC)n1. The third kappa shape index (κ3) is 6.93. The van der Waals surface area contributed by atoms with Crippen LogP contribution in [0.5, 0.6) is 11.9 Å². The number of ether oxygens (including phenoxy) is 3. The number of esters is 1. The standard InChI is InChI=1S/C14H16Cl3N3O5/c1-7(11(15)12(16)17)25-10(22)5-4-9(21)19-8-6-18-14(24-3)20-13(8)23-2/h6-7H,4-5H2,1-3H3,(H,19,21)/t7-/m1/s1. The zero-order valence-corrected chi connectivity index (χ0v) is 15.9. The quantitative estimate of drug-likeness (QED) is 0.655. The fourth-order valence-corrected chi connectivity index (χ4v) is 1.93. The van der Waals surface area contributed by atoms with E-state index in [0.717, 1.165) is 0 Å². The first-order valence-corrected chi connectivity index (χ1v) is 8.06. The fourth-order valence-electron chi connectivity index (χ4n) is 1.58. The summed E-state index contributed by atoms with van der Waals surface area (Å²) in [7, 11) is 2.79. The molecule has 1 aromatic heterocycles. The summed E-state index contributed by atoms with van der Waals surface area (Å²) in [6.45, 7) is 1.50. The lowest BCUT2D eigenvalue weighted by atomic mass is 10.3. The minimum Gasteiger partial charge on any atom is -0.479 e. The van der Waals surface area contributed by atoms with E-state index in [1.165, 1.54) is 27.3 Å². The number of hydrogen-bond donors (Lipinski definition) is 1. The Hall–Kier alpha value is -1.77. The van der Waals surface area contributed by atoms with Gasteiger partial charge in [-0.1, -0.05) is 34.8 Å². The Balaban J connectivity index is 2.55. The van der Waals surface area contributed by atoms with Crippen LogP contribution < -0.4 is 14.8 Å². The monoisotopic (exact) mass is 411 g/mol. The highest BCUT2D eigenvalue weighted by Gasteiger charge is 2.17. The van der Waals surface area contributed by atoms with Crippen LogP contribution in [0.4, 0.5) is 5.69 Å². The third-order valence-electron chi connectivity index (χ3n) is 2.78. The van der Waals surface area contributed by atoms with Crippen molar-refractivity contribution < 1.29 is 23.8 Å². The van der Waals surface area contributed by atoms with E-state index >= 15 is 0 Å². The van der Waals surface area contributed by atoms with Crippen LogP contribution in [0.25, 0.3) is 0 Å². The lowest BCUT2D eigenvalue weighted by Crippen LogP contribution is -2.19. The van der Waals surface area contributed by atoms with E-state index in [1.54, 1.807) is 0 Å². The van der Waals surface area contributed by atoms with E-state index in [4.69, 9.17) is 49.0 Å². The Labute approximate surface area is 159 Å². The molecular formula is C14H16Cl3N3O5. The molecule has 25 heavy (non-hydrogen) atoms. The minimum absolute atomic E-state index is 0.00116. The van der Waals surface area contributed by atoms with Crippen molar-refractivity contribution in [3.05, 3.63) is 15.7 Å². The Morgan fingerprint density at radius 2 is 1.88 bits per heavy atom. The average Bonchev–Trinajstić information content (AvgIpc) is 2.59. The minimum atomic E-state index is -0.808. The zero-order chi connectivity index (χ0) is 19.0. The van der Waals surface area contributed by atoms with Gasteiger partial charge < -0.3 is 19.5 Å². The molecule has 1 rings (SSSR count). The molecule has 1 N–H and O–H groups in total. The highest BCUT2D eigenvalue weighted by Crippen LogP contribution is 2.24. The number of anilines is 1. The Bertz CT molecular complexity index is 665. The maximum Gasteiger partial charge on any atom is 0.319 e. The van der Waals surface area contributed by atoms with Crippen LogP contribution in [0.1, 0.15) is 19.8 Å². The van der Waals surface area contributed by atoms with Crippen molar-refractivity contribution in [1.29, 1.82) is 0 Å². The van der Waals surface area contributed by atoms with E-state index in [0.29, 0.717) is 0 Å². The van der Waals surface area contributed by atoms with Gasteiger partial charge in [0.1, 0.15) is 16.3 Å². The molecule has 0 aliphatic heterocycles. The molecule has 0 aromatic carbocycles. The molecule has 1 aromatic rings. The number of carbonyl (C=O) groups is 2. The molecule has 0 saturated carbocycles. The van der Waals surface area contributed by atoms with Crippen LogP contribution in [0.2, 0.25) is 0 Å². The summed E-state index contributed by atoms with van der Waals surface area (Å²) >= 11 is 16.8. The maximum absolute atomic E-state index is 11.9. The largest absolute Gasteiger partial charge is 0.479 e. The molecule has 1 atom stereocenters. The molecule has 0 aliphatic rings. The number of nitrogens with one attached hydrogen (secondary N) is 1. The predicted molar refractivity (Wildman–Crippen MR) is 93.1 cm³/mol. The summed E-state index contributed by atoms with van der Waals surface area (Å²) in [4.78, 5) is 31.4. The molecule has 0 unspecified atom stereocenters. The zero-order valence-electron chi connectivity index (χ0n) is 13.6. The van der Waals surface area contributed by atoms with E-state index in [-0.39, 0.29) is 39.9 Å². The Kier molecular flexibility index (Phi) is 8.74. The molecule has 0 fully saturated rings. The summed E-state index contributed by atoms with van der Waals surface area (Å²) in [5, 5.41) is 2.53. The van der Waals surface area contributed by atoms with Crippen molar-refractivity contribution in [2.24, 2.45) is 0 Å². The molecule has 0 bridgehead atoms. The molecule has 0 saturated heterocycles. The van der Waals surface area contributed by atoms with Crippen LogP contribution in [0.15, 0.2) is 15.7 Å². The van der Waals surface area contributed by atoms with Crippen LogP contribution in [-0.4, -0.2) is 42.2 Å². The summed E-state index contributed by atoms with van der Waals surface area (Å²) in [6.07, 6.45) is 0.226. The van der Waals surface area contributed by atoms with E-state index in [2.05, 4.69) is 15.3 Å². The molecule has 138 valence electrons. The average molecular weight is 413 g/mol. The highest BCUT2D eigenvalue weighted by molar-refractivity contribution is 6.59. The summed E-state index contributed by atoms with van der Waals surface area (Å²) in [6, 6.07) is 0.0929. The summed E-state index contributed by atoms with van der Waals surface area (Å²) in [5.74, 6) is -0.952. The van der Waals surface area contributed by atoms with Crippen molar-refractivity contribution in [2.45, 2.75) is 25.9 Å². The topological polar surface area (TPSA) is 99.6 Å². The first kappa shape index (κ1) is 21.3. The van der Waals surface area contributed by atoms with Crippen LogP contribution in [0.3, 0.4) is 0 Å². The number of carbonyl (C=O) groups excluding carboxylic acids is 2. The number of hydrogen-bond acceptors (Lipinski definition) is 7. The molecule has 0 spiro atoms. The predicted octanol–water partition coefficient (Wildman–Crippen LogP) is 3.03. The molecule has 11 heteroatoms. The number of methoxy groups -OCH3 is 2. The number of amides is 1. The molecule has 0 radical (unpaired) electrons. The van der Waals surface area contributed by atoms with Crippen LogP contribution in [0, 0.1) is 0 Å². The number of halogens is 3. The second kappa shape index (κ2) is 10.3. The lowest BCUT2D eigenvalue weighted by Gasteiger charge is -2.13. The molecule has 8 nitrogen and oxygen atoms in total. The van der Waals surface area contributed by atoms with Gasteiger partial charge in [0.2, 0.25) is 11.8 Å². The van der Waals surface area contributed by atoms with Gasteiger partial charge in [-0.3, -0.25) is 9.59 Å². The maximum atomic E-state index is 11.9. The Morgan fingerprint density at radius 3 is 2.44 bits per heavy atom. The van der Waals surface area contributed by atoms with E-state index < -0.39 is 18.0 Å². The van der Waals surface area contributed by atoms with Crippen LogP contribution in [-0.2, 0) is 14.3 Å². The fraction of sp³-hybridized carbons (Fsp3) is 0.429. The molecule has 1 heterocycles. The van der Waals surface area contributed by atoms with Gasteiger partial charge in [-0.25, -0.2) is 4.98 Å². The first-order valence-electron chi connectivity index (χ1n) is 6.93. The second-order valence-corrected chi connectivity index (χ2v) is 5.92. The van der Waals surface area contributed by atoms with Gasteiger partial charge in [-0.2, -0.15) is 4.98 Å². The van der Waals surface area contributed by atoms with Gasteiger partial charge in [0.25, 0.3) is 0 Å². The smallest absolute Gasteiger partial charge is 0.319 e. The van der Waals surface area contributed by atoms with Gasteiger partial charge >= 0.3 is 12.0 Å². The molecule has 0 aliphatic carbocycles. The number of rotatable bonds is 8. The van der Waals surface area contributed by atoms with Crippen molar-refractivity contribution in [1.82, 2.24) is 9.97 Å². The van der Waals surface area contributed by atoms with Gasteiger partial charge in [0, 0.05) is 6.42 Å². The van der Waals surface area contributed by atoms with E-state index in [9.17, 15) is 9.59 Å². The first-order chi connectivity index (χ1) is 11.8. The van der Waals surface area contributed by atoms with Gasteiger partial charge in [-0.15, -0.1) is 0 Å². The summed E-state index contributed by atoms with van der Waals surface area (Å²) < 4.78 is 14.7. The van der Waals surface area contributed by atoms with Crippen molar-refractivity contribution in [2.75, 3.05) is 19.5 Å². The van der Waals surface area contributed by atoms with Crippen molar-refractivity contribution >= 4 is 52.4 Å². The normalized spacial score (nSPS) is 11.3. The van der Waals surface area contributed by atoms with Gasteiger partial charge in [0.15, 0.2) is 0 Å². The molecule has 1 amide bonds. The number of nitrogens with zero attached hydrogens (tertiary/aromatic N) is 2. The molecular weight excluding hydrogens is 397 g/mol. The second-order valence-electron chi connectivity index (χ2n) is 4.57. The van der Waals surface area contributed by atoms with Gasteiger partial charge in [0.05, 0.1) is 31.9 Å². The lowest BCUT2D eigenvalue weighted by molar-refractivity contribution is -0.147. The Morgan fingerprint density at radius 1 is 1.20 bits per heavy atom.